The quantitative estimate of drug-likeness (QED) is 0.818. The largest absolute Gasteiger partial charge is 0.497 e. The van der Waals surface area contributed by atoms with Crippen molar-refractivity contribution in [2.75, 3.05) is 33.9 Å². The van der Waals surface area contributed by atoms with Gasteiger partial charge in [-0.1, -0.05) is 13.8 Å². The fraction of sp³-hybridized carbons (Fsp3) is 0.611. The highest BCUT2D eigenvalue weighted by Gasteiger charge is 2.26. The molecule has 1 amide bonds. The van der Waals surface area contributed by atoms with Crippen LogP contribution in [0.25, 0.3) is 0 Å². The number of piperidine rings is 1. The van der Waals surface area contributed by atoms with E-state index < -0.39 is 0 Å². The molecule has 5 nitrogen and oxygen atoms in total. The zero-order chi connectivity index (χ0) is 16.8. The molecule has 0 aliphatic carbocycles. The third-order valence-corrected chi connectivity index (χ3v) is 4.46. The van der Waals surface area contributed by atoms with Gasteiger partial charge in [0.15, 0.2) is 6.54 Å². The van der Waals surface area contributed by atoms with E-state index in [4.69, 9.17) is 9.47 Å². The second-order valence-electron chi connectivity index (χ2n) is 6.74. The van der Waals surface area contributed by atoms with Crippen LogP contribution in [0.2, 0.25) is 0 Å². The van der Waals surface area contributed by atoms with Crippen LogP contribution in [0.5, 0.6) is 11.5 Å². The van der Waals surface area contributed by atoms with Crippen LogP contribution >= 0.6 is 0 Å². The van der Waals surface area contributed by atoms with Gasteiger partial charge < -0.3 is 19.7 Å². The summed E-state index contributed by atoms with van der Waals surface area (Å²) in [5.74, 6) is 2.97. The SMILES string of the molecule is COc1ccc(CNC(=O)C[NH+]2C[C@H](C)C[C@@H](C)C2)c(OC)c1. The molecule has 0 unspecified atom stereocenters. The van der Waals surface area contributed by atoms with Crippen LogP contribution in [-0.2, 0) is 11.3 Å². The van der Waals surface area contributed by atoms with Crippen molar-refractivity contribution in [3.63, 3.8) is 0 Å². The molecule has 1 aromatic carbocycles. The van der Waals surface area contributed by atoms with Crippen molar-refractivity contribution in [1.29, 1.82) is 0 Å². The number of hydrogen-bond acceptors (Lipinski definition) is 3. The molecule has 0 saturated carbocycles. The molecule has 0 radical (unpaired) electrons. The number of carbonyl (C=O) groups is 1. The summed E-state index contributed by atoms with van der Waals surface area (Å²) in [5.41, 5.74) is 0.956. The number of carbonyl (C=O) groups excluding carboxylic acids is 1. The zero-order valence-corrected chi connectivity index (χ0v) is 14.6. The maximum absolute atomic E-state index is 12.2. The third kappa shape index (κ3) is 5.13. The fourth-order valence-corrected chi connectivity index (χ4v) is 3.55. The number of quaternary nitrogens is 1. The molecule has 0 spiro atoms. The van der Waals surface area contributed by atoms with Gasteiger partial charge in [-0.15, -0.1) is 0 Å². The van der Waals surface area contributed by atoms with Crippen LogP contribution in [0, 0.1) is 11.8 Å². The van der Waals surface area contributed by atoms with Gasteiger partial charge in [-0.25, -0.2) is 0 Å². The predicted octanol–water partition coefficient (Wildman–Crippen LogP) is 0.881. The average molecular weight is 321 g/mol. The number of nitrogens with one attached hydrogen (secondary N) is 2. The molecule has 2 rings (SSSR count). The van der Waals surface area contributed by atoms with E-state index in [0.29, 0.717) is 24.9 Å². The lowest BCUT2D eigenvalue weighted by molar-refractivity contribution is -0.904. The van der Waals surface area contributed by atoms with Crippen molar-refractivity contribution >= 4 is 5.91 Å². The van der Waals surface area contributed by atoms with Gasteiger partial charge in [-0.05, 0) is 18.6 Å². The monoisotopic (exact) mass is 321 g/mol. The second-order valence-corrected chi connectivity index (χ2v) is 6.74. The first-order valence-electron chi connectivity index (χ1n) is 8.33. The molecular weight excluding hydrogens is 292 g/mol. The van der Waals surface area contributed by atoms with E-state index in [2.05, 4.69) is 19.2 Å². The molecule has 2 atom stereocenters. The Kier molecular flexibility index (Phi) is 6.28. The van der Waals surface area contributed by atoms with Gasteiger partial charge in [0.2, 0.25) is 0 Å². The van der Waals surface area contributed by atoms with Crippen LogP contribution in [-0.4, -0.2) is 39.8 Å². The van der Waals surface area contributed by atoms with E-state index >= 15 is 0 Å². The number of ether oxygens (including phenoxy) is 2. The summed E-state index contributed by atoms with van der Waals surface area (Å²) in [7, 11) is 3.25. The van der Waals surface area contributed by atoms with E-state index in [9.17, 15) is 4.79 Å². The summed E-state index contributed by atoms with van der Waals surface area (Å²) in [5, 5.41) is 3.01. The summed E-state index contributed by atoms with van der Waals surface area (Å²) in [6.07, 6.45) is 1.27. The van der Waals surface area contributed by atoms with Crippen LogP contribution in [0.4, 0.5) is 0 Å². The highest BCUT2D eigenvalue weighted by Crippen LogP contribution is 2.24. The van der Waals surface area contributed by atoms with Gasteiger partial charge in [0, 0.05) is 30.0 Å². The first kappa shape index (κ1) is 17.6. The molecule has 1 aliphatic heterocycles. The highest BCUT2D eigenvalue weighted by atomic mass is 16.5. The van der Waals surface area contributed by atoms with E-state index in [1.54, 1.807) is 14.2 Å². The maximum Gasteiger partial charge on any atom is 0.275 e. The Labute approximate surface area is 139 Å². The molecule has 1 aliphatic rings. The molecule has 128 valence electrons. The minimum atomic E-state index is 0.0965. The number of methoxy groups -OCH3 is 2. The van der Waals surface area contributed by atoms with E-state index in [1.165, 1.54) is 11.3 Å². The molecular formula is C18H29N2O3+. The molecule has 1 saturated heterocycles. The number of benzene rings is 1. The lowest BCUT2D eigenvalue weighted by atomic mass is 9.92. The van der Waals surface area contributed by atoms with Crippen LogP contribution in [0.15, 0.2) is 18.2 Å². The van der Waals surface area contributed by atoms with Gasteiger partial charge in [0.25, 0.3) is 5.91 Å². The van der Waals surface area contributed by atoms with Crippen molar-refractivity contribution in [2.45, 2.75) is 26.8 Å². The molecule has 1 heterocycles. The summed E-state index contributed by atoms with van der Waals surface area (Å²) in [4.78, 5) is 13.6. The summed E-state index contributed by atoms with van der Waals surface area (Å²) in [6, 6.07) is 5.64. The smallest absolute Gasteiger partial charge is 0.275 e. The number of hydrogen-bond donors (Lipinski definition) is 2. The normalized spacial score (nSPS) is 24.1. The van der Waals surface area contributed by atoms with Crippen molar-refractivity contribution in [3.05, 3.63) is 23.8 Å². The van der Waals surface area contributed by atoms with Gasteiger partial charge in [0.1, 0.15) is 11.5 Å². The highest BCUT2D eigenvalue weighted by molar-refractivity contribution is 5.76. The molecule has 1 fully saturated rings. The molecule has 5 heteroatoms. The number of rotatable bonds is 6. The Morgan fingerprint density at radius 3 is 2.52 bits per heavy atom. The Hall–Kier alpha value is -1.75. The fourth-order valence-electron chi connectivity index (χ4n) is 3.55. The summed E-state index contributed by atoms with van der Waals surface area (Å²) < 4.78 is 10.5. The molecule has 2 N–H and O–H groups in total. The predicted molar refractivity (Wildman–Crippen MR) is 89.9 cm³/mol. The molecule has 0 bridgehead atoms. The Morgan fingerprint density at radius 2 is 1.91 bits per heavy atom. The first-order chi connectivity index (χ1) is 11.0. The van der Waals surface area contributed by atoms with Crippen LogP contribution < -0.4 is 19.7 Å². The van der Waals surface area contributed by atoms with Crippen molar-refractivity contribution in [3.8, 4) is 11.5 Å². The van der Waals surface area contributed by atoms with Gasteiger partial charge in [-0.3, -0.25) is 4.79 Å². The Bertz CT molecular complexity index is 523. The first-order valence-corrected chi connectivity index (χ1v) is 8.33. The lowest BCUT2D eigenvalue weighted by Crippen LogP contribution is -3.15. The van der Waals surface area contributed by atoms with Crippen molar-refractivity contribution < 1.29 is 19.2 Å². The molecule has 23 heavy (non-hydrogen) atoms. The topological polar surface area (TPSA) is 52.0 Å². The van der Waals surface area contributed by atoms with Crippen LogP contribution in [0.3, 0.4) is 0 Å². The maximum atomic E-state index is 12.2. The number of amides is 1. The minimum absolute atomic E-state index is 0.0965. The average Bonchev–Trinajstić information content (AvgIpc) is 2.51. The standard InChI is InChI=1S/C18H28N2O3/c1-13-7-14(2)11-20(10-13)12-18(21)19-9-15-5-6-16(22-3)8-17(15)23-4/h5-6,8,13-14H,7,9-12H2,1-4H3,(H,19,21)/p+1/t13-,14-/m1/s1. The molecule has 1 aromatic rings. The van der Waals surface area contributed by atoms with Gasteiger partial charge >= 0.3 is 0 Å². The van der Waals surface area contributed by atoms with Gasteiger partial charge in [-0.2, -0.15) is 0 Å². The summed E-state index contributed by atoms with van der Waals surface area (Å²) >= 11 is 0. The minimum Gasteiger partial charge on any atom is -0.497 e. The summed E-state index contributed by atoms with van der Waals surface area (Å²) in [6.45, 7) is 7.75. The van der Waals surface area contributed by atoms with E-state index in [-0.39, 0.29) is 5.91 Å². The lowest BCUT2D eigenvalue weighted by Gasteiger charge is -2.31. The number of likely N-dealkylation sites (tertiary alicyclic amines) is 1. The van der Waals surface area contributed by atoms with Gasteiger partial charge in [0.05, 0.1) is 27.3 Å². The Morgan fingerprint density at radius 1 is 1.22 bits per heavy atom. The van der Waals surface area contributed by atoms with Crippen molar-refractivity contribution in [2.24, 2.45) is 11.8 Å². The van der Waals surface area contributed by atoms with Crippen molar-refractivity contribution in [1.82, 2.24) is 5.32 Å². The third-order valence-electron chi connectivity index (χ3n) is 4.46. The molecule has 0 aromatic heterocycles. The second kappa shape index (κ2) is 8.20. The van der Waals surface area contributed by atoms with E-state index in [0.717, 1.165) is 30.2 Å². The van der Waals surface area contributed by atoms with E-state index in [1.807, 2.05) is 18.2 Å². The Balaban J connectivity index is 1.87. The van der Waals surface area contributed by atoms with Crippen LogP contribution in [0.1, 0.15) is 25.8 Å². The zero-order valence-electron chi connectivity index (χ0n) is 14.6.